The van der Waals surface area contributed by atoms with Gasteiger partial charge in [0.1, 0.15) is 0 Å². The van der Waals surface area contributed by atoms with Gasteiger partial charge in [-0.05, 0) is 43.2 Å². The molecule has 13 heteroatoms. The van der Waals surface area contributed by atoms with Gasteiger partial charge in [0.2, 0.25) is 11.7 Å². The first kappa shape index (κ1) is 26.0. The third-order valence-corrected chi connectivity index (χ3v) is 6.50. The second-order valence-corrected chi connectivity index (χ2v) is 9.27. The van der Waals surface area contributed by atoms with E-state index in [2.05, 4.69) is 4.74 Å². The van der Waals surface area contributed by atoms with Crippen LogP contribution in [0.2, 0.25) is 5.02 Å². The Kier molecular flexibility index (Phi) is 6.19. The summed E-state index contributed by atoms with van der Waals surface area (Å²) in [5.74, 6) is -1.01. The van der Waals surface area contributed by atoms with Crippen molar-refractivity contribution in [1.29, 1.82) is 0 Å². The van der Waals surface area contributed by atoms with E-state index in [-0.39, 0.29) is 11.6 Å². The van der Waals surface area contributed by atoms with Crippen LogP contribution in [0, 0.1) is 0 Å². The highest BCUT2D eigenvalue weighted by Crippen LogP contribution is 2.41. The Bertz CT molecular complexity index is 1580. The number of halogens is 4. The third-order valence-electron chi connectivity index (χ3n) is 6.18. The van der Waals surface area contributed by atoms with E-state index in [1.54, 1.807) is 27.0 Å². The number of carbonyl (C=O) groups excluding carboxylic acids is 1. The maximum atomic E-state index is 13.7. The van der Waals surface area contributed by atoms with Gasteiger partial charge in [0.05, 0.1) is 34.4 Å². The van der Waals surface area contributed by atoms with Gasteiger partial charge in [-0.25, -0.2) is 9.59 Å². The second-order valence-electron chi connectivity index (χ2n) is 8.87. The van der Waals surface area contributed by atoms with Crippen LogP contribution in [-0.2, 0) is 22.9 Å². The molecule has 1 aliphatic heterocycles. The molecule has 0 saturated heterocycles. The molecule has 0 bridgehead atoms. The predicted molar refractivity (Wildman–Crippen MR) is 127 cm³/mol. The zero-order valence-corrected chi connectivity index (χ0v) is 20.3. The molecular weight excluding hydrogens is 519 g/mol. The van der Waals surface area contributed by atoms with E-state index in [4.69, 9.17) is 16.7 Å². The molecule has 0 atom stereocenters. The van der Waals surface area contributed by atoms with Gasteiger partial charge in [0.25, 0.3) is 5.56 Å². The lowest BCUT2D eigenvalue weighted by Gasteiger charge is -2.17. The van der Waals surface area contributed by atoms with Crippen LogP contribution in [0.3, 0.4) is 0 Å². The van der Waals surface area contributed by atoms with Crippen LogP contribution in [0.1, 0.15) is 30.5 Å². The number of carboxylic acid groups (broad SMARTS) is 1. The predicted octanol–water partition coefficient (Wildman–Crippen LogP) is 4.03. The van der Waals surface area contributed by atoms with Crippen molar-refractivity contribution in [2.75, 3.05) is 11.9 Å². The number of rotatable bonds is 4. The Morgan fingerprint density at radius 3 is 2.43 bits per heavy atom. The van der Waals surface area contributed by atoms with Crippen LogP contribution in [0.15, 0.2) is 52.2 Å². The molecule has 1 aliphatic rings. The van der Waals surface area contributed by atoms with E-state index in [1.807, 2.05) is 0 Å². The molecule has 194 valence electrons. The minimum atomic E-state index is -4.89. The lowest BCUT2D eigenvalue weighted by atomic mass is 9.86. The molecular formula is C24H19ClF3N3O6. The van der Waals surface area contributed by atoms with Gasteiger partial charge < -0.3 is 14.7 Å². The van der Waals surface area contributed by atoms with Gasteiger partial charge in [-0.3, -0.25) is 18.7 Å². The second kappa shape index (κ2) is 8.80. The first-order valence-electron chi connectivity index (χ1n) is 10.7. The number of ether oxygens (including phenoxy) is 1. The summed E-state index contributed by atoms with van der Waals surface area (Å²) in [7, 11) is 1.54. The molecule has 0 aliphatic carbocycles. The van der Waals surface area contributed by atoms with Gasteiger partial charge in [-0.1, -0.05) is 29.8 Å². The largest absolute Gasteiger partial charge is 0.511 e. The first-order valence-corrected chi connectivity index (χ1v) is 11.1. The van der Waals surface area contributed by atoms with Crippen LogP contribution < -0.4 is 20.9 Å². The number of nitrogens with zero attached hydrogens (tertiary/aromatic N) is 3. The van der Waals surface area contributed by atoms with E-state index in [0.29, 0.717) is 15.8 Å². The number of amides is 1. The van der Waals surface area contributed by atoms with Gasteiger partial charge in [-0.2, -0.15) is 13.2 Å². The monoisotopic (exact) mass is 537 g/mol. The summed E-state index contributed by atoms with van der Waals surface area (Å²) < 4.78 is 46.9. The van der Waals surface area contributed by atoms with Gasteiger partial charge in [0, 0.05) is 12.7 Å². The minimum Gasteiger partial charge on any atom is -0.449 e. The smallest absolute Gasteiger partial charge is 0.449 e. The topological polar surface area (TPSA) is 111 Å². The fraction of sp³-hybridized carbons (Fsp3) is 0.250. The quantitative estimate of drug-likeness (QED) is 0.503. The van der Waals surface area contributed by atoms with Crippen molar-refractivity contribution >= 4 is 29.4 Å². The molecule has 9 nitrogen and oxygen atoms in total. The van der Waals surface area contributed by atoms with E-state index >= 15 is 0 Å². The molecule has 0 unspecified atom stereocenters. The number of carbonyl (C=O) groups is 2. The zero-order valence-electron chi connectivity index (χ0n) is 19.6. The first-order chi connectivity index (χ1) is 17.1. The molecule has 0 spiro atoms. The number of benzene rings is 2. The van der Waals surface area contributed by atoms with Crippen LogP contribution in [0.25, 0.3) is 5.69 Å². The summed E-state index contributed by atoms with van der Waals surface area (Å²) in [6.45, 7) is 2.58. The van der Waals surface area contributed by atoms with Crippen molar-refractivity contribution in [2.24, 2.45) is 0 Å². The Labute approximate surface area is 211 Å². The molecule has 0 radical (unpaired) electrons. The van der Waals surface area contributed by atoms with Crippen molar-refractivity contribution < 1.29 is 32.6 Å². The number of fused-ring (bicyclic) bond motifs is 1. The number of likely N-dealkylation sites (N-methyl/N-ethyl adjacent to an activating group) is 1. The number of hydrogen-bond acceptors (Lipinski definition) is 5. The van der Waals surface area contributed by atoms with Gasteiger partial charge >= 0.3 is 18.0 Å². The molecule has 2 aromatic carbocycles. The maximum Gasteiger partial charge on any atom is 0.511 e. The highest BCUT2D eigenvalue weighted by atomic mass is 35.5. The highest BCUT2D eigenvalue weighted by Gasteiger charge is 2.42. The fourth-order valence-electron chi connectivity index (χ4n) is 4.37. The average molecular weight is 538 g/mol. The summed E-state index contributed by atoms with van der Waals surface area (Å²) in [6.07, 6.45) is -5.93. The van der Waals surface area contributed by atoms with Crippen LogP contribution in [-0.4, -0.2) is 33.4 Å². The fourth-order valence-corrected chi connectivity index (χ4v) is 4.68. The SMILES string of the molecule is CN1C(=O)C(C)(C)c2ccc(-n3cc(OC(=O)O)c(=O)n(Cc4cccc(Cl)c4C(F)(F)F)c3=O)cc21. The Morgan fingerprint density at radius 1 is 1.14 bits per heavy atom. The minimum absolute atomic E-state index is 0.118. The summed E-state index contributed by atoms with van der Waals surface area (Å²) >= 11 is 5.76. The number of aromatic nitrogens is 2. The lowest BCUT2D eigenvalue weighted by molar-refractivity contribution is -0.138. The Balaban J connectivity index is 1.94. The molecule has 2 heterocycles. The molecule has 0 fully saturated rings. The van der Waals surface area contributed by atoms with Crippen molar-refractivity contribution in [3.63, 3.8) is 0 Å². The molecule has 37 heavy (non-hydrogen) atoms. The summed E-state index contributed by atoms with van der Waals surface area (Å²) in [5.41, 5.74) is -3.64. The molecule has 1 aromatic heterocycles. The maximum absolute atomic E-state index is 13.7. The normalized spacial score (nSPS) is 14.6. The lowest BCUT2D eigenvalue weighted by Crippen LogP contribution is -2.40. The van der Waals surface area contributed by atoms with Crippen LogP contribution in [0.5, 0.6) is 5.75 Å². The van der Waals surface area contributed by atoms with E-state index in [0.717, 1.165) is 22.9 Å². The summed E-state index contributed by atoms with van der Waals surface area (Å²) in [4.78, 5) is 51.5. The van der Waals surface area contributed by atoms with E-state index in [1.165, 1.54) is 23.1 Å². The van der Waals surface area contributed by atoms with Crippen molar-refractivity contribution in [2.45, 2.75) is 32.0 Å². The van der Waals surface area contributed by atoms with Crippen LogP contribution >= 0.6 is 11.6 Å². The van der Waals surface area contributed by atoms with Gasteiger partial charge in [-0.15, -0.1) is 0 Å². The highest BCUT2D eigenvalue weighted by molar-refractivity contribution is 6.31. The molecule has 1 amide bonds. The summed E-state index contributed by atoms with van der Waals surface area (Å²) in [5, 5.41) is 8.44. The molecule has 0 saturated carbocycles. The Morgan fingerprint density at radius 2 is 1.81 bits per heavy atom. The van der Waals surface area contributed by atoms with Crippen molar-refractivity contribution in [3.05, 3.63) is 85.1 Å². The van der Waals surface area contributed by atoms with Crippen molar-refractivity contribution in [3.8, 4) is 11.4 Å². The zero-order chi connectivity index (χ0) is 27.4. The van der Waals surface area contributed by atoms with E-state index < -0.39 is 57.4 Å². The number of alkyl halides is 3. The average Bonchev–Trinajstić information content (AvgIpc) is 2.97. The standard InChI is InChI=1S/C24H19ClF3N3O6/c1-23(2)14-8-7-13(9-16(14)29(3)20(23)33)30-11-17(37-22(35)36)19(32)31(21(30)34)10-12-5-4-6-15(25)18(12)24(26,27)28/h4-9,11H,10H2,1-3H3,(H,35,36). The summed E-state index contributed by atoms with van der Waals surface area (Å²) in [6, 6.07) is 7.83. The van der Waals surface area contributed by atoms with Gasteiger partial charge in [0.15, 0.2) is 0 Å². The van der Waals surface area contributed by atoms with Crippen molar-refractivity contribution in [1.82, 2.24) is 9.13 Å². The number of anilines is 1. The molecule has 3 aromatic rings. The number of hydrogen-bond donors (Lipinski definition) is 1. The molecule has 1 N–H and O–H groups in total. The van der Waals surface area contributed by atoms with Crippen LogP contribution in [0.4, 0.5) is 23.7 Å². The molecule has 4 rings (SSSR count). The van der Waals surface area contributed by atoms with E-state index in [9.17, 15) is 32.3 Å². The third kappa shape index (κ3) is 4.37. The Hall–Kier alpha value is -4.06.